The van der Waals surface area contributed by atoms with E-state index in [-0.39, 0.29) is 17.9 Å². The van der Waals surface area contributed by atoms with Gasteiger partial charge in [0.25, 0.3) is 0 Å². The summed E-state index contributed by atoms with van der Waals surface area (Å²) in [6.07, 6.45) is 1.05. The van der Waals surface area contributed by atoms with Gasteiger partial charge in [0.1, 0.15) is 6.04 Å². The molecule has 18 heavy (non-hydrogen) atoms. The molecule has 1 saturated heterocycles. The Hall–Kier alpha value is -1.18. The number of hydrogen-bond acceptors (Lipinski definition) is 5. The Morgan fingerprint density at radius 3 is 2.94 bits per heavy atom. The number of nitrogens with zero attached hydrogens (tertiary/aromatic N) is 1. The van der Waals surface area contributed by atoms with Crippen LogP contribution < -0.4 is 16.6 Å². The van der Waals surface area contributed by atoms with Crippen molar-refractivity contribution >= 4 is 11.8 Å². The molecule has 0 aromatic heterocycles. The maximum atomic E-state index is 11.8. The number of rotatable bonds is 6. The maximum Gasteiger partial charge on any atom is 0.239 e. The lowest BCUT2D eigenvalue weighted by atomic mass is 10.2. The van der Waals surface area contributed by atoms with Crippen molar-refractivity contribution in [2.24, 2.45) is 5.84 Å². The molecular formula is C11H22N4O3. The van der Waals surface area contributed by atoms with Crippen molar-refractivity contribution in [2.75, 3.05) is 32.8 Å². The zero-order valence-corrected chi connectivity index (χ0v) is 10.8. The van der Waals surface area contributed by atoms with E-state index in [0.29, 0.717) is 45.7 Å². The maximum absolute atomic E-state index is 11.8. The second kappa shape index (κ2) is 8.02. The third-order valence-electron chi connectivity index (χ3n) is 2.90. The summed E-state index contributed by atoms with van der Waals surface area (Å²) in [6, 6.07) is -0.250. The standard InChI is InChI=1S/C11H22N4O3/c1-2-13-11(17)9-8-18-7-6-15(9)5-3-4-10(16)14-12/h9H,2-8,12H2,1H3,(H,13,17)(H,14,16). The molecule has 0 saturated carbocycles. The van der Waals surface area contributed by atoms with Crippen LogP contribution in [0.15, 0.2) is 0 Å². The molecule has 4 N–H and O–H groups in total. The van der Waals surface area contributed by atoms with E-state index >= 15 is 0 Å². The predicted molar refractivity (Wildman–Crippen MR) is 66.4 cm³/mol. The SMILES string of the molecule is CCNC(=O)C1COCCN1CCCC(=O)NN. The second-order valence-corrected chi connectivity index (χ2v) is 4.19. The summed E-state index contributed by atoms with van der Waals surface area (Å²) in [5.74, 6) is 4.81. The monoisotopic (exact) mass is 258 g/mol. The Balaban J connectivity index is 2.39. The van der Waals surface area contributed by atoms with E-state index in [1.807, 2.05) is 6.92 Å². The lowest BCUT2D eigenvalue weighted by Crippen LogP contribution is -2.54. The van der Waals surface area contributed by atoms with Gasteiger partial charge in [-0.15, -0.1) is 0 Å². The molecule has 1 rings (SSSR count). The molecule has 7 nitrogen and oxygen atoms in total. The van der Waals surface area contributed by atoms with Gasteiger partial charge in [-0.05, 0) is 19.9 Å². The summed E-state index contributed by atoms with van der Waals surface area (Å²) < 4.78 is 5.33. The molecule has 2 amide bonds. The van der Waals surface area contributed by atoms with E-state index in [4.69, 9.17) is 10.6 Å². The molecule has 1 aliphatic rings. The van der Waals surface area contributed by atoms with Crippen molar-refractivity contribution in [3.05, 3.63) is 0 Å². The van der Waals surface area contributed by atoms with Crippen molar-refractivity contribution in [3.8, 4) is 0 Å². The van der Waals surface area contributed by atoms with Crippen molar-refractivity contribution in [1.82, 2.24) is 15.6 Å². The molecule has 0 spiro atoms. The van der Waals surface area contributed by atoms with Gasteiger partial charge < -0.3 is 10.1 Å². The number of carbonyl (C=O) groups excluding carboxylic acids is 2. The summed E-state index contributed by atoms with van der Waals surface area (Å²) in [7, 11) is 0. The van der Waals surface area contributed by atoms with Crippen molar-refractivity contribution in [2.45, 2.75) is 25.8 Å². The van der Waals surface area contributed by atoms with Crippen LogP contribution in [0.25, 0.3) is 0 Å². The van der Waals surface area contributed by atoms with Crippen LogP contribution in [0, 0.1) is 0 Å². The summed E-state index contributed by atoms with van der Waals surface area (Å²) in [4.78, 5) is 24.9. The average Bonchev–Trinajstić information content (AvgIpc) is 2.39. The third-order valence-corrected chi connectivity index (χ3v) is 2.90. The van der Waals surface area contributed by atoms with Crippen molar-refractivity contribution < 1.29 is 14.3 Å². The van der Waals surface area contributed by atoms with E-state index < -0.39 is 0 Å². The first-order valence-corrected chi connectivity index (χ1v) is 6.28. The van der Waals surface area contributed by atoms with E-state index in [0.717, 1.165) is 0 Å². The van der Waals surface area contributed by atoms with Crippen molar-refractivity contribution in [1.29, 1.82) is 0 Å². The van der Waals surface area contributed by atoms with Crippen molar-refractivity contribution in [3.63, 3.8) is 0 Å². The first kappa shape index (κ1) is 14.9. The minimum atomic E-state index is -0.250. The van der Waals surface area contributed by atoms with Gasteiger partial charge in [0.05, 0.1) is 13.2 Å². The topological polar surface area (TPSA) is 96.7 Å². The lowest BCUT2D eigenvalue weighted by molar-refractivity contribution is -0.132. The van der Waals surface area contributed by atoms with E-state index in [1.165, 1.54) is 0 Å². The van der Waals surface area contributed by atoms with E-state index in [2.05, 4.69) is 15.6 Å². The summed E-state index contributed by atoms with van der Waals surface area (Å²) in [6.45, 7) is 4.94. The molecular weight excluding hydrogens is 236 g/mol. The molecule has 104 valence electrons. The first-order chi connectivity index (χ1) is 8.69. The highest BCUT2D eigenvalue weighted by atomic mass is 16.5. The van der Waals surface area contributed by atoms with Crippen LogP contribution in [-0.4, -0.2) is 55.6 Å². The molecule has 0 bridgehead atoms. The van der Waals surface area contributed by atoms with Crippen LogP contribution in [0.4, 0.5) is 0 Å². The average molecular weight is 258 g/mol. The van der Waals surface area contributed by atoms with Crippen LogP contribution in [0.2, 0.25) is 0 Å². The number of hydrogen-bond donors (Lipinski definition) is 3. The predicted octanol–water partition coefficient (Wildman–Crippen LogP) is -1.41. The van der Waals surface area contributed by atoms with E-state index in [1.54, 1.807) is 0 Å². The van der Waals surface area contributed by atoms with Crippen LogP contribution in [-0.2, 0) is 14.3 Å². The third kappa shape index (κ3) is 4.59. The first-order valence-electron chi connectivity index (χ1n) is 6.28. The minimum Gasteiger partial charge on any atom is -0.378 e. The van der Waals surface area contributed by atoms with Gasteiger partial charge in [0.2, 0.25) is 11.8 Å². The number of likely N-dealkylation sites (N-methyl/N-ethyl adjacent to an activating group) is 1. The van der Waals surface area contributed by atoms with E-state index in [9.17, 15) is 9.59 Å². The smallest absolute Gasteiger partial charge is 0.239 e. The number of nitrogens with one attached hydrogen (secondary N) is 2. The Morgan fingerprint density at radius 1 is 1.50 bits per heavy atom. The van der Waals surface area contributed by atoms with Gasteiger partial charge >= 0.3 is 0 Å². The van der Waals surface area contributed by atoms with Crippen LogP contribution in [0.1, 0.15) is 19.8 Å². The fourth-order valence-electron chi connectivity index (χ4n) is 1.95. The molecule has 1 unspecified atom stereocenters. The van der Waals surface area contributed by atoms with Gasteiger partial charge in [0.15, 0.2) is 0 Å². The summed E-state index contributed by atoms with van der Waals surface area (Å²) in [5.41, 5.74) is 2.10. The minimum absolute atomic E-state index is 0.0134. The number of hydrazine groups is 1. The molecule has 1 heterocycles. The quantitative estimate of drug-likeness (QED) is 0.309. The van der Waals surface area contributed by atoms with Crippen LogP contribution >= 0.6 is 0 Å². The molecule has 1 atom stereocenters. The number of ether oxygens (including phenoxy) is 1. The van der Waals surface area contributed by atoms with Gasteiger partial charge in [-0.3, -0.25) is 19.9 Å². The number of morpholine rings is 1. The van der Waals surface area contributed by atoms with Gasteiger partial charge in [0, 0.05) is 19.5 Å². The molecule has 0 radical (unpaired) electrons. The zero-order valence-electron chi connectivity index (χ0n) is 10.8. The lowest BCUT2D eigenvalue weighted by Gasteiger charge is -2.34. The summed E-state index contributed by atoms with van der Waals surface area (Å²) in [5, 5.41) is 2.80. The summed E-state index contributed by atoms with van der Waals surface area (Å²) >= 11 is 0. The number of amides is 2. The molecule has 1 aliphatic heterocycles. The Kier molecular flexibility index (Phi) is 6.63. The van der Waals surface area contributed by atoms with Gasteiger partial charge in [-0.2, -0.15) is 0 Å². The highest BCUT2D eigenvalue weighted by Gasteiger charge is 2.28. The van der Waals surface area contributed by atoms with Gasteiger partial charge in [-0.25, -0.2) is 5.84 Å². The fraction of sp³-hybridized carbons (Fsp3) is 0.818. The highest BCUT2D eigenvalue weighted by molar-refractivity contribution is 5.82. The number of nitrogens with two attached hydrogens (primary N) is 1. The fourth-order valence-corrected chi connectivity index (χ4v) is 1.95. The zero-order chi connectivity index (χ0) is 13.4. The molecule has 7 heteroatoms. The largest absolute Gasteiger partial charge is 0.378 e. The molecule has 0 aromatic carbocycles. The molecule has 0 aromatic rings. The van der Waals surface area contributed by atoms with Crippen LogP contribution in [0.3, 0.4) is 0 Å². The Morgan fingerprint density at radius 2 is 2.28 bits per heavy atom. The highest BCUT2D eigenvalue weighted by Crippen LogP contribution is 2.08. The van der Waals surface area contributed by atoms with Gasteiger partial charge in [-0.1, -0.05) is 0 Å². The second-order valence-electron chi connectivity index (χ2n) is 4.19. The number of carbonyl (C=O) groups is 2. The molecule has 1 fully saturated rings. The Labute approximate surface area is 107 Å². The normalized spacial score (nSPS) is 20.4. The van der Waals surface area contributed by atoms with Crippen LogP contribution in [0.5, 0.6) is 0 Å². The molecule has 0 aliphatic carbocycles. The Bertz CT molecular complexity index is 285.